The molecule has 1 amide bonds. The van der Waals surface area contributed by atoms with Crippen LogP contribution in [-0.4, -0.2) is 49.6 Å². The first-order chi connectivity index (χ1) is 20.4. The van der Waals surface area contributed by atoms with Crippen molar-refractivity contribution in [2.75, 3.05) is 29.6 Å². The molecule has 226 valence electrons. The van der Waals surface area contributed by atoms with Gasteiger partial charge in [-0.25, -0.2) is 9.97 Å². The predicted octanol–water partition coefficient (Wildman–Crippen LogP) is 4.76. The van der Waals surface area contributed by atoms with Crippen molar-refractivity contribution in [2.45, 2.75) is 25.1 Å². The molecule has 1 saturated carbocycles. The van der Waals surface area contributed by atoms with Crippen LogP contribution in [-0.2, 0) is 20.3 Å². The van der Waals surface area contributed by atoms with Crippen LogP contribution in [0, 0.1) is 11.8 Å². The third-order valence-electron chi connectivity index (χ3n) is 8.18. The summed E-state index contributed by atoms with van der Waals surface area (Å²) in [6.45, 7) is 2.96. The van der Waals surface area contributed by atoms with Crippen LogP contribution in [0.25, 0.3) is 10.9 Å². The van der Waals surface area contributed by atoms with E-state index in [2.05, 4.69) is 20.1 Å². The quantitative estimate of drug-likeness (QED) is 0.222. The normalized spacial score (nSPS) is 20.3. The number of benzene rings is 1. The van der Waals surface area contributed by atoms with Crippen molar-refractivity contribution in [3.63, 3.8) is 0 Å². The SMILES string of the molecule is CSNC(=O)c1nc(Cl)ccc1NC(C)c1cc(C(F)(F)F)cc2c(=O)n(C)c(N3CC4C(C3)C4c3ccn(C)n3)nc12. The lowest BCUT2D eigenvalue weighted by molar-refractivity contribution is -0.137. The van der Waals surface area contributed by atoms with Gasteiger partial charge in [-0.05, 0) is 49.1 Å². The Morgan fingerprint density at radius 1 is 1.14 bits per heavy atom. The van der Waals surface area contributed by atoms with E-state index in [1.165, 1.54) is 23.7 Å². The molecule has 3 unspecified atom stereocenters. The molecule has 0 spiro atoms. The monoisotopic (exact) mass is 632 g/mol. The van der Waals surface area contributed by atoms with Crippen LogP contribution in [0.5, 0.6) is 0 Å². The van der Waals surface area contributed by atoms with E-state index in [9.17, 15) is 22.8 Å². The number of carbonyl (C=O) groups is 1. The Bertz CT molecular complexity index is 1800. The fourth-order valence-electron chi connectivity index (χ4n) is 6.08. The number of piperidine rings is 1. The number of hydrogen-bond donors (Lipinski definition) is 2. The maximum atomic E-state index is 14.0. The number of alkyl halides is 3. The zero-order valence-corrected chi connectivity index (χ0v) is 25.2. The second-order valence-corrected chi connectivity index (χ2v) is 11.9. The number of nitrogens with zero attached hydrogens (tertiary/aromatic N) is 6. The van der Waals surface area contributed by atoms with Gasteiger partial charge in [-0.2, -0.15) is 18.3 Å². The molecule has 4 heterocycles. The predicted molar refractivity (Wildman–Crippen MR) is 159 cm³/mol. The second-order valence-electron chi connectivity index (χ2n) is 10.9. The molecular weight excluding hydrogens is 605 g/mol. The minimum Gasteiger partial charge on any atom is -0.377 e. The Balaban J connectivity index is 1.39. The summed E-state index contributed by atoms with van der Waals surface area (Å²) in [7, 11) is 3.41. The van der Waals surface area contributed by atoms with Crippen LogP contribution in [0.2, 0.25) is 5.15 Å². The van der Waals surface area contributed by atoms with E-state index in [0.717, 1.165) is 29.8 Å². The fourth-order valence-corrected chi connectivity index (χ4v) is 6.51. The molecule has 3 atom stereocenters. The largest absolute Gasteiger partial charge is 0.416 e. The van der Waals surface area contributed by atoms with Crippen LogP contribution >= 0.6 is 23.5 Å². The van der Waals surface area contributed by atoms with Gasteiger partial charge >= 0.3 is 6.18 Å². The number of carbonyl (C=O) groups excluding carboxylic acids is 1. The van der Waals surface area contributed by atoms with E-state index in [0.29, 0.717) is 36.8 Å². The lowest BCUT2D eigenvalue weighted by Crippen LogP contribution is -2.32. The van der Waals surface area contributed by atoms with Crippen LogP contribution in [0.15, 0.2) is 41.3 Å². The van der Waals surface area contributed by atoms with Gasteiger partial charge in [-0.15, -0.1) is 0 Å². The number of aromatic nitrogens is 5. The summed E-state index contributed by atoms with van der Waals surface area (Å²) in [6, 6.07) is 6.07. The number of hydrogen-bond acceptors (Lipinski definition) is 8. The number of nitrogens with one attached hydrogen (secondary N) is 2. The fraction of sp³-hybridized carbons (Fsp3) is 0.393. The first-order valence-electron chi connectivity index (χ1n) is 13.5. The number of pyridine rings is 1. The van der Waals surface area contributed by atoms with Crippen molar-refractivity contribution >= 4 is 52.0 Å². The van der Waals surface area contributed by atoms with Gasteiger partial charge in [0.25, 0.3) is 11.5 Å². The van der Waals surface area contributed by atoms with Crippen molar-refractivity contribution < 1.29 is 18.0 Å². The summed E-state index contributed by atoms with van der Waals surface area (Å²) < 4.78 is 47.7. The Hall–Kier alpha value is -3.78. The van der Waals surface area contributed by atoms with E-state index in [4.69, 9.17) is 16.6 Å². The number of aryl methyl sites for hydroxylation is 1. The molecule has 2 fully saturated rings. The van der Waals surface area contributed by atoms with Crippen LogP contribution in [0.1, 0.15) is 46.2 Å². The van der Waals surface area contributed by atoms with E-state index in [1.807, 2.05) is 24.2 Å². The highest BCUT2D eigenvalue weighted by Crippen LogP contribution is 2.58. The average Bonchev–Trinajstić information content (AvgIpc) is 3.23. The Kier molecular flexibility index (Phi) is 7.32. The smallest absolute Gasteiger partial charge is 0.377 e. The lowest BCUT2D eigenvalue weighted by Gasteiger charge is -2.25. The van der Waals surface area contributed by atoms with Gasteiger partial charge in [0, 0.05) is 51.1 Å². The topological polar surface area (TPSA) is 110 Å². The first kappa shape index (κ1) is 29.3. The van der Waals surface area contributed by atoms with Gasteiger partial charge in [0.1, 0.15) is 5.15 Å². The zero-order chi connectivity index (χ0) is 30.8. The zero-order valence-electron chi connectivity index (χ0n) is 23.6. The molecule has 3 aromatic heterocycles. The van der Waals surface area contributed by atoms with Crippen molar-refractivity contribution in [3.05, 3.63) is 74.6 Å². The van der Waals surface area contributed by atoms with Gasteiger partial charge in [0.2, 0.25) is 5.95 Å². The summed E-state index contributed by atoms with van der Waals surface area (Å²) in [5.41, 5.74) is 0.0592. The number of halogens is 4. The van der Waals surface area contributed by atoms with Crippen molar-refractivity contribution in [2.24, 2.45) is 25.9 Å². The van der Waals surface area contributed by atoms with Crippen molar-refractivity contribution in [1.82, 2.24) is 29.0 Å². The maximum absolute atomic E-state index is 14.0. The summed E-state index contributed by atoms with van der Waals surface area (Å²) in [6.07, 6.45) is -1.12. The van der Waals surface area contributed by atoms with E-state index in [1.54, 1.807) is 17.9 Å². The van der Waals surface area contributed by atoms with Crippen LogP contribution < -0.4 is 20.5 Å². The standard InChI is InChI=1S/C28H28ClF3N8O2S/c1-13(33-20-5-6-21(29)34-24(20)25(41)37-43-4)15-9-14(28(30,31)32)10-16-23(15)35-27(39(3)26(16)42)40-11-17-18(12-40)22(17)19-7-8-38(2)36-19/h5-10,13,17-18,22,33H,11-12H2,1-4H3,(H,37,41). The maximum Gasteiger partial charge on any atom is 0.416 e. The second kappa shape index (κ2) is 10.7. The summed E-state index contributed by atoms with van der Waals surface area (Å²) in [5, 5.41) is 7.58. The molecule has 4 aromatic rings. The molecule has 1 aromatic carbocycles. The number of anilines is 2. The summed E-state index contributed by atoms with van der Waals surface area (Å²) in [5.74, 6) is 0.932. The minimum absolute atomic E-state index is 0.0201. The molecule has 2 N–H and O–H groups in total. The molecule has 43 heavy (non-hydrogen) atoms. The minimum atomic E-state index is -4.70. The molecule has 2 aliphatic rings. The number of fused-ring (bicyclic) bond motifs is 2. The Labute approximate surface area is 253 Å². The molecule has 1 aliphatic heterocycles. The molecule has 10 nitrogen and oxygen atoms in total. The molecule has 6 rings (SSSR count). The summed E-state index contributed by atoms with van der Waals surface area (Å²) >= 11 is 7.10. The van der Waals surface area contributed by atoms with E-state index in [-0.39, 0.29) is 33.0 Å². The molecule has 1 aliphatic carbocycles. The van der Waals surface area contributed by atoms with Crippen molar-refractivity contribution in [1.29, 1.82) is 0 Å². The highest BCUT2D eigenvalue weighted by molar-refractivity contribution is 7.97. The third-order valence-corrected chi connectivity index (χ3v) is 8.78. The Morgan fingerprint density at radius 3 is 2.49 bits per heavy atom. The highest BCUT2D eigenvalue weighted by Gasteiger charge is 2.57. The van der Waals surface area contributed by atoms with Crippen molar-refractivity contribution in [3.8, 4) is 0 Å². The molecule has 0 radical (unpaired) electrons. The molecule has 15 heteroatoms. The van der Waals surface area contributed by atoms with Gasteiger partial charge in [-0.1, -0.05) is 23.5 Å². The molecule has 0 bridgehead atoms. The van der Waals surface area contributed by atoms with Gasteiger partial charge in [-0.3, -0.25) is 23.6 Å². The molecular formula is C28H28ClF3N8O2S. The first-order valence-corrected chi connectivity index (χ1v) is 15.1. The van der Waals surface area contributed by atoms with Gasteiger partial charge < -0.3 is 10.2 Å². The Morgan fingerprint density at radius 2 is 1.86 bits per heavy atom. The third kappa shape index (κ3) is 5.30. The van der Waals surface area contributed by atoms with E-state index < -0.39 is 29.2 Å². The highest BCUT2D eigenvalue weighted by atomic mass is 35.5. The van der Waals surface area contributed by atoms with Crippen LogP contribution in [0.3, 0.4) is 0 Å². The molecule has 1 saturated heterocycles. The average molecular weight is 633 g/mol. The van der Waals surface area contributed by atoms with Crippen LogP contribution in [0.4, 0.5) is 24.8 Å². The van der Waals surface area contributed by atoms with Gasteiger partial charge in [0.15, 0.2) is 5.69 Å². The summed E-state index contributed by atoms with van der Waals surface area (Å²) in [4.78, 5) is 37.1. The van der Waals surface area contributed by atoms with Gasteiger partial charge in [0.05, 0.1) is 33.9 Å². The number of rotatable bonds is 7. The van der Waals surface area contributed by atoms with E-state index >= 15 is 0 Å². The number of amides is 1. The lowest BCUT2D eigenvalue weighted by atomic mass is 10.00.